The second-order valence-electron chi connectivity index (χ2n) is 4.39. The van der Waals surface area contributed by atoms with Crippen molar-refractivity contribution < 1.29 is 17.9 Å². The highest BCUT2D eigenvalue weighted by Gasteiger charge is 2.36. The summed E-state index contributed by atoms with van der Waals surface area (Å²) in [6.45, 7) is 0.669. The first kappa shape index (κ1) is 14.9. The quantitative estimate of drug-likeness (QED) is 0.833. The van der Waals surface area contributed by atoms with Gasteiger partial charge in [0.15, 0.2) is 0 Å². The Bertz CT molecular complexity index is 581. The summed E-state index contributed by atoms with van der Waals surface area (Å²) in [6.07, 6.45) is -0.793. The molecule has 19 heavy (non-hydrogen) atoms. The molecular formula is C11H14BrFN2O3S. The van der Waals surface area contributed by atoms with Crippen molar-refractivity contribution in [2.24, 2.45) is 0 Å². The Hall–Kier alpha value is -0.540. The fourth-order valence-electron chi connectivity index (χ4n) is 2.04. The van der Waals surface area contributed by atoms with Gasteiger partial charge in [-0.15, -0.1) is 0 Å². The number of hydrogen-bond acceptors (Lipinski definition) is 4. The third-order valence-corrected chi connectivity index (χ3v) is 5.58. The summed E-state index contributed by atoms with van der Waals surface area (Å²) in [5.41, 5.74) is 0. The topological polar surface area (TPSA) is 69.6 Å². The van der Waals surface area contributed by atoms with Gasteiger partial charge in [0.25, 0.3) is 0 Å². The van der Waals surface area contributed by atoms with Crippen LogP contribution < -0.4 is 5.32 Å². The molecule has 2 atom stereocenters. The highest BCUT2D eigenvalue weighted by molar-refractivity contribution is 9.10. The van der Waals surface area contributed by atoms with Crippen LogP contribution in [0, 0.1) is 5.82 Å². The summed E-state index contributed by atoms with van der Waals surface area (Å²) in [4.78, 5) is -0.391. The fourth-order valence-corrected chi connectivity index (χ4v) is 3.80. The lowest BCUT2D eigenvalue weighted by Crippen LogP contribution is -2.44. The van der Waals surface area contributed by atoms with E-state index in [1.54, 1.807) is 0 Å². The number of sulfonamides is 1. The molecule has 1 aromatic carbocycles. The van der Waals surface area contributed by atoms with E-state index >= 15 is 0 Å². The SMILES string of the molecule is CN([C@@H]1CNC[C@H]1O)S(=O)(=O)c1ccc(Br)cc1F. The third kappa shape index (κ3) is 2.82. The molecule has 1 saturated heterocycles. The van der Waals surface area contributed by atoms with E-state index in [1.165, 1.54) is 19.2 Å². The van der Waals surface area contributed by atoms with Gasteiger partial charge in [-0.05, 0) is 18.2 Å². The van der Waals surface area contributed by atoms with Gasteiger partial charge in [0.05, 0.1) is 12.1 Å². The van der Waals surface area contributed by atoms with Gasteiger partial charge in [0, 0.05) is 24.6 Å². The molecule has 8 heteroatoms. The van der Waals surface area contributed by atoms with Crippen molar-refractivity contribution in [3.05, 3.63) is 28.5 Å². The molecule has 0 radical (unpaired) electrons. The molecule has 1 aliphatic heterocycles. The van der Waals surface area contributed by atoms with E-state index in [2.05, 4.69) is 21.2 Å². The first-order valence-electron chi connectivity index (χ1n) is 5.66. The molecule has 106 valence electrons. The number of aliphatic hydroxyl groups is 1. The van der Waals surface area contributed by atoms with Gasteiger partial charge in [-0.3, -0.25) is 0 Å². The Kier molecular flexibility index (Phi) is 4.26. The molecule has 0 amide bonds. The van der Waals surface area contributed by atoms with E-state index in [-0.39, 0.29) is 0 Å². The molecule has 1 fully saturated rings. The summed E-state index contributed by atoms with van der Waals surface area (Å²) in [7, 11) is -2.62. The van der Waals surface area contributed by atoms with E-state index in [9.17, 15) is 17.9 Å². The van der Waals surface area contributed by atoms with Crippen molar-refractivity contribution in [1.82, 2.24) is 9.62 Å². The number of nitrogens with one attached hydrogen (secondary N) is 1. The third-order valence-electron chi connectivity index (χ3n) is 3.17. The van der Waals surface area contributed by atoms with Crippen LogP contribution >= 0.6 is 15.9 Å². The highest BCUT2D eigenvalue weighted by atomic mass is 79.9. The molecule has 2 N–H and O–H groups in total. The summed E-state index contributed by atoms with van der Waals surface area (Å²) in [6, 6.07) is 3.19. The lowest BCUT2D eigenvalue weighted by Gasteiger charge is -2.25. The average molecular weight is 353 g/mol. The van der Waals surface area contributed by atoms with E-state index in [0.29, 0.717) is 17.6 Å². The zero-order valence-electron chi connectivity index (χ0n) is 10.2. The maximum Gasteiger partial charge on any atom is 0.246 e. The molecule has 1 aliphatic rings. The van der Waals surface area contributed by atoms with Crippen molar-refractivity contribution in [3.63, 3.8) is 0 Å². The highest BCUT2D eigenvalue weighted by Crippen LogP contribution is 2.24. The molecule has 0 unspecified atom stereocenters. The van der Waals surface area contributed by atoms with Crippen molar-refractivity contribution in [1.29, 1.82) is 0 Å². The van der Waals surface area contributed by atoms with E-state index < -0.39 is 32.9 Å². The van der Waals surface area contributed by atoms with E-state index in [1.807, 2.05) is 0 Å². The molecule has 0 saturated carbocycles. The smallest absolute Gasteiger partial charge is 0.246 e. The van der Waals surface area contributed by atoms with Gasteiger partial charge in [-0.1, -0.05) is 15.9 Å². The second kappa shape index (κ2) is 5.45. The summed E-state index contributed by atoms with van der Waals surface area (Å²) in [5.74, 6) is -0.818. The largest absolute Gasteiger partial charge is 0.390 e. The predicted octanol–water partition coefficient (Wildman–Crippen LogP) is 0.541. The maximum atomic E-state index is 13.8. The van der Waals surface area contributed by atoms with E-state index in [4.69, 9.17) is 0 Å². The van der Waals surface area contributed by atoms with Crippen LogP contribution in [0.2, 0.25) is 0 Å². The number of aliphatic hydroxyl groups excluding tert-OH is 1. The van der Waals surface area contributed by atoms with Crippen LogP contribution in [0.15, 0.2) is 27.6 Å². The van der Waals surface area contributed by atoms with Gasteiger partial charge in [-0.2, -0.15) is 4.31 Å². The van der Waals surface area contributed by atoms with Gasteiger partial charge in [0.1, 0.15) is 10.7 Å². The molecule has 5 nitrogen and oxygen atoms in total. The molecule has 2 rings (SSSR count). The van der Waals surface area contributed by atoms with Crippen molar-refractivity contribution >= 4 is 26.0 Å². The van der Waals surface area contributed by atoms with Gasteiger partial charge < -0.3 is 10.4 Å². The Balaban J connectivity index is 2.36. The zero-order valence-corrected chi connectivity index (χ0v) is 12.6. The fraction of sp³-hybridized carbons (Fsp3) is 0.455. The number of nitrogens with zero attached hydrogens (tertiary/aromatic N) is 1. The van der Waals surface area contributed by atoms with E-state index in [0.717, 1.165) is 10.4 Å². The monoisotopic (exact) mass is 352 g/mol. The van der Waals surface area contributed by atoms with Crippen LogP contribution in [-0.2, 0) is 10.0 Å². The maximum absolute atomic E-state index is 13.8. The van der Waals surface area contributed by atoms with Crippen molar-refractivity contribution in [3.8, 4) is 0 Å². The number of likely N-dealkylation sites (N-methyl/N-ethyl adjacent to an activating group) is 1. The van der Waals surface area contributed by atoms with Crippen LogP contribution in [0.25, 0.3) is 0 Å². The Morgan fingerprint density at radius 2 is 2.16 bits per heavy atom. The van der Waals surface area contributed by atoms with Crippen LogP contribution in [0.1, 0.15) is 0 Å². The lowest BCUT2D eigenvalue weighted by atomic mass is 10.2. The standard InChI is InChI=1S/C11H14BrFN2O3S/c1-15(9-5-14-6-10(9)16)19(17,18)11-3-2-7(12)4-8(11)13/h2-4,9-10,14,16H,5-6H2,1H3/t9-,10-/m1/s1. The van der Waals surface area contributed by atoms with Crippen LogP contribution in [0.4, 0.5) is 4.39 Å². The minimum atomic E-state index is -3.97. The number of rotatable bonds is 3. The van der Waals surface area contributed by atoms with Crippen molar-refractivity contribution in [2.45, 2.75) is 17.0 Å². The van der Waals surface area contributed by atoms with Crippen LogP contribution in [0.5, 0.6) is 0 Å². The first-order valence-corrected chi connectivity index (χ1v) is 7.89. The zero-order chi connectivity index (χ0) is 14.2. The number of hydrogen-bond donors (Lipinski definition) is 2. The van der Waals surface area contributed by atoms with Crippen molar-refractivity contribution in [2.75, 3.05) is 20.1 Å². The normalized spacial score (nSPS) is 24.1. The minimum absolute atomic E-state index is 0.327. The number of benzene rings is 1. The summed E-state index contributed by atoms with van der Waals surface area (Å²) in [5, 5.41) is 12.6. The molecule has 0 spiro atoms. The number of halogens is 2. The second-order valence-corrected chi connectivity index (χ2v) is 7.27. The molecule has 0 aliphatic carbocycles. The average Bonchev–Trinajstić information content (AvgIpc) is 2.73. The summed E-state index contributed by atoms with van der Waals surface area (Å²) >= 11 is 3.08. The van der Waals surface area contributed by atoms with Gasteiger partial charge in [0.2, 0.25) is 10.0 Å². The first-order chi connectivity index (χ1) is 8.84. The van der Waals surface area contributed by atoms with Gasteiger partial charge in [-0.25, -0.2) is 12.8 Å². The predicted molar refractivity (Wildman–Crippen MR) is 71.7 cm³/mol. The Morgan fingerprint density at radius 1 is 1.47 bits per heavy atom. The number of β-amino-alcohol motifs (C(OH)–C–C–N with tert-alkyl or cyclic N) is 1. The molecule has 0 aromatic heterocycles. The summed E-state index contributed by atoms with van der Waals surface area (Å²) < 4.78 is 39.9. The molecular weight excluding hydrogens is 339 g/mol. The lowest BCUT2D eigenvalue weighted by molar-refractivity contribution is 0.136. The Morgan fingerprint density at radius 3 is 2.68 bits per heavy atom. The van der Waals surface area contributed by atoms with Crippen LogP contribution in [-0.4, -0.2) is 50.1 Å². The molecule has 0 bridgehead atoms. The van der Waals surface area contributed by atoms with Gasteiger partial charge >= 0.3 is 0 Å². The van der Waals surface area contributed by atoms with Crippen LogP contribution in [0.3, 0.4) is 0 Å². The Labute approximate surface area is 119 Å². The minimum Gasteiger partial charge on any atom is -0.390 e. The molecule has 1 heterocycles. The molecule has 1 aromatic rings.